The minimum Gasteiger partial charge on any atom is -0.452 e. The molecule has 1 aliphatic rings. The van der Waals surface area contributed by atoms with E-state index in [1.807, 2.05) is 26.0 Å². The Labute approximate surface area is 142 Å². The van der Waals surface area contributed by atoms with Gasteiger partial charge in [0.2, 0.25) is 0 Å². The fourth-order valence-corrected chi connectivity index (χ4v) is 2.30. The number of hydrogen-bond acceptors (Lipinski definition) is 5. The second kappa shape index (κ2) is 9.39. The molecule has 1 saturated heterocycles. The van der Waals surface area contributed by atoms with E-state index in [2.05, 4.69) is 5.32 Å². The van der Waals surface area contributed by atoms with Gasteiger partial charge in [0, 0.05) is 13.2 Å². The Bertz CT molecular complexity index is 535. The molecule has 1 aromatic carbocycles. The highest BCUT2D eigenvalue weighted by Crippen LogP contribution is 2.10. The lowest BCUT2D eigenvalue weighted by Gasteiger charge is -2.11. The predicted octanol–water partition coefficient (Wildman–Crippen LogP) is 2.06. The van der Waals surface area contributed by atoms with Crippen molar-refractivity contribution in [2.45, 2.75) is 45.5 Å². The summed E-state index contributed by atoms with van der Waals surface area (Å²) >= 11 is 0. The highest BCUT2D eigenvalue weighted by atomic mass is 16.5. The summed E-state index contributed by atoms with van der Waals surface area (Å²) in [4.78, 5) is 23.6. The maximum Gasteiger partial charge on any atom is 0.338 e. The first-order valence-corrected chi connectivity index (χ1v) is 8.30. The lowest BCUT2D eigenvalue weighted by molar-refractivity contribution is -0.124. The second-order valence-electron chi connectivity index (χ2n) is 6.07. The molecular weight excluding hydrogens is 310 g/mol. The zero-order valence-corrected chi connectivity index (χ0v) is 14.2. The summed E-state index contributed by atoms with van der Waals surface area (Å²) in [5, 5.41) is 2.71. The van der Waals surface area contributed by atoms with Crippen LogP contribution in [-0.2, 0) is 25.6 Å². The lowest BCUT2D eigenvalue weighted by atomic mass is 10.1. The topological polar surface area (TPSA) is 73.9 Å². The number of nitrogens with one attached hydrogen (secondary N) is 1. The summed E-state index contributed by atoms with van der Waals surface area (Å²) in [6.45, 7) is 5.35. The van der Waals surface area contributed by atoms with Crippen molar-refractivity contribution in [1.82, 2.24) is 5.32 Å². The van der Waals surface area contributed by atoms with E-state index in [0.29, 0.717) is 18.7 Å². The number of carbonyl (C=O) groups is 2. The number of amides is 1. The summed E-state index contributed by atoms with van der Waals surface area (Å²) < 4.78 is 15.9. The van der Waals surface area contributed by atoms with Crippen LogP contribution >= 0.6 is 0 Å². The van der Waals surface area contributed by atoms with Crippen LogP contribution in [0.4, 0.5) is 0 Å². The molecule has 0 bridgehead atoms. The predicted molar refractivity (Wildman–Crippen MR) is 88.6 cm³/mol. The van der Waals surface area contributed by atoms with Gasteiger partial charge in [-0.1, -0.05) is 12.1 Å². The van der Waals surface area contributed by atoms with Crippen molar-refractivity contribution in [2.75, 3.05) is 19.8 Å². The van der Waals surface area contributed by atoms with Gasteiger partial charge in [-0.25, -0.2) is 4.79 Å². The number of benzene rings is 1. The Hall–Kier alpha value is -1.92. The number of rotatable bonds is 8. The van der Waals surface area contributed by atoms with Crippen LogP contribution in [0.15, 0.2) is 24.3 Å². The highest BCUT2D eigenvalue weighted by Gasteiger charge is 2.17. The molecule has 0 radical (unpaired) electrons. The second-order valence-corrected chi connectivity index (χ2v) is 6.07. The molecule has 0 unspecified atom stereocenters. The van der Waals surface area contributed by atoms with Crippen molar-refractivity contribution >= 4 is 11.9 Å². The largest absolute Gasteiger partial charge is 0.452 e. The lowest BCUT2D eigenvalue weighted by Crippen LogP contribution is -2.34. The molecule has 2 rings (SSSR count). The molecule has 0 spiro atoms. The van der Waals surface area contributed by atoms with Gasteiger partial charge in [0.1, 0.15) is 0 Å². The average molecular weight is 335 g/mol. The van der Waals surface area contributed by atoms with E-state index in [1.54, 1.807) is 12.1 Å². The normalized spacial score (nSPS) is 17.0. The maximum absolute atomic E-state index is 11.9. The van der Waals surface area contributed by atoms with Crippen molar-refractivity contribution in [3.63, 3.8) is 0 Å². The summed E-state index contributed by atoms with van der Waals surface area (Å²) in [5.41, 5.74) is 1.39. The molecule has 1 heterocycles. The van der Waals surface area contributed by atoms with Crippen molar-refractivity contribution in [3.05, 3.63) is 35.4 Å². The number of esters is 1. The summed E-state index contributed by atoms with van der Waals surface area (Å²) in [5.74, 6) is -0.834. The number of hydrogen-bond donors (Lipinski definition) is 1. The molecule has 6 nitrogen and oxygen atoms in total. The highest BCUT2D eigenvalue weighted by molar-refractivity contribution is 5.91. The minimum atomic E-state index is -0.515. The average Bonchev–Trinajstić information content (AvgIpc) is 3.10. The standard InChI is InChI=1S/C18H25NO5/c1-13(2)23-11-14-5-7-15(8-6-14)18(21)24-12-17(20)19-10-16-4-3-9-22-16/h5-8,13,16H,3-4,9-12H2,1-2H3,(H,19,20)/t16-/m1/s1. The molecule has 1 N–H and O–H groups in total. The van der Waals surface area contributed by atoms with Crippen LogP contribution in [0.25, 0.3) is 0 Å². The van der Waals surface area contributed by atoms with E-state index in [4.69, 9.17) is 14.2 Å². The molecule has 0 aliphatic carbocycles. The third-order valence-corrected chi connectivity index (χ3v) is 3.66. The first-order valence-electron chi connectivity index (χ1n) is 8.30. The zero-order valence-electron chi connectivity index (χ0n) is 14.2. The first kappa shape index (κ1) is 18.4. The Morgan fingerprint density at radius 3 is 2.67 bits per heavy atom. The van der Waals surface area contributed by atoms with Crippen molar-refractivity contribution in [2.24, 2.45) is 0 Å². The van der Waals surface area contributed by atoms with Crippen molar-refractivity contribution in [3.8, 4) is 0 Å². The van der Waals surface area contributed by atoms with Crippen molar-refractivity contribution < 1.29 is 23.8 Å². The van der Waals surface area contributed by atoms with Gasteiger partial charge >= 0.3 is 5.97 Å². The van der Waals surface area contributed by atoms with Crippen molar-refractivity contribution in [1.29, 1.82) is 0 Å². The van der Waals surface area contributed by atoms with E-state index in [-0.39, 0.29) is 24.7 Å². The number of carbonyl (C=O) groups excluding carboxylic acids is 2. The molecule has 1 aliphatic heterocycles. The Morgan fingerprint density at radius 2 is 2.04 bits per heavy atom. The maximum atomic E-state index is 11.9. The zero-order chi connectivity index (χ0) is 17.4. The van der Waals surface area contributed by atoms with Crippen LogP contribution in [0.2, 0.25) is 0 Å². The van der Waals surface area contributed by atoms with Gasteiger partial charge in [0.05, 0.1) is 24.4 Å². The molecule has 0 aromatic heterocycles. The van der Waals surface area contributed by atoms with Gasteiger partial charge in [0.25, 0.3) is 5.91 Å². The fraction of sp³-hybridized carbons (Fsp3) is 0.556. The van der Waals surface area contributed by atoms with Crippen LogP contribution in [0.5, 0.6) is 0 Å². The third-order valence-electron chi connectivity index (χ3n) is 3.66. The molecule has 1 aromatic rings. The van der Waals surface area contributed by atoms with Crippen LogP contribution < -0.4 is 5.32 Å². The monoisotopic (exact) mass is 335 g/mol. The molecule has 132 valence electrons. The molecule has 0 saturated carbocycles. The number of ether oxygens (including phenoxy) is 3. The van der Waals surface area contributed by atoms with Gasteiger partial charge in [-0.3, -0.25) is 4.79 Å². The summed E-state index contributed by atoms with van der Waals surface area (Å²) in [6, 6.07) is 6.98. The van der Waals surface area contributed by atoms with E-state index in [0.717, 1.165) is 25.0 Å². The fourth-order valence-electron chi connectivity index (χ4n) is 2.30. The third kappa shape index (κ3) is 6.29. The molecule has 24 heavy (non-hydrogen) atoms. The van der Waals surface area contributed by atoms with Crippen LogP contribution in [-0.4, -0.2) is 43.8 Å². The van der Waals surface area contributed by atoms with Crippen LogP contribution in [0.1, 0.15) is 42.6 Å². The van der Waals surface area contributed by atoms with E-state index in [9.17, 15) is 9.59 Å². The van der Waals surface area contributed by atoms with Gasteiger partial charge in [-0.15, -0.1) is 0 Å². The van der Waals surface area contributed by atoms with Gasteiger partial charge in [-0.05, 0) is 44.4 Å². The van der Waals surface area contributed by atoms with E-state index in [1.165, 1.54) is 0 Å². The molecule has 1 amide bonds. The Kier molecular flexibility index (Phi) is 7.21. The Morgan fingerprint density at radius 1 is 1.29 bits per heavy atom. The van der Waals surface area contributed by atoms with Crippen LogP contribution in [0.3, 0.4) is 0 Å². The summed E-state index contributed by atoms with van der Waals surface area (Å²) in [7, 11) is 0. The van der Waals surface area contributed by atoms with E-state index >= 15 is 0 Å². The first-order chi connectivity index (χ1) is 11.5. The molecular formula is C18H25NO5. The summed E-state index contributed by atoms with van der Waals surface area (Å²) in [6.07, 6.45) is 2.20. The van der Waals surface area contributed by atoms with E-state index < -0.39 is 5.97 Å². The quantitative estimate of drug-likeness (QED) is 0.736. The van der Waals surface area contributed by atoms with Crippen LogP contribution in [0, 0.1) is 0 Å². The molecule has 6 heteroatoms. The van der Waals surface area contributed by atoms with Gasteiger partial charge < -0.3 is 19.5 Å². The van der Waals surface area contributed by atoms with Gasteiger partial charge in [0.15, 0.2) is 6.61 Å². The van der Waals surface area contributed by atoms with Gasteiger partial charge in [-0.2, -0.15) is 0 Å². The molecule has 1 atom stereocenters. The smallest absolute Gasteiger partial charge is 0.338 e. The minimum absolute atomic E-state index is 0.0743. The SMILES string of the molecule is CC(C)OCc1ccc(C(=O)OCC(=O)NC[C@H]2CCCO2)cc1. The Balaban J connectivity index is 1.70. The molecule has 1 fully saturated rings.